The molecular weight excluding hydrogens is 376 g/mol. The lowest BCUT2D eigenvalue weighted by atomic mass is 10.1. The number of aryl methyl sites for hydroxylation is 1. The molecule has 1 atom stereocenters. The van der Waals surface area contributed by atoms with Crippen molar-refractivity contribution in [3.05, 3.63) is 83.7 Å². The van der Waals surface area contributed by atoms with Crippen molar-refractivity contribution < 1.29 is 9.59 Å². The molecule has 0 bridgehead atoms. The van der Waals surface area contributed by atoms with Gasteiger partial charge in [0, 0.05) is 32.3 Å². The van der Waals surface area contributed by atoms with Crippen LogP contribution in [-0.2, 0) is 22.6 Å². The van der Waals surface area contributed by atoms with E-state index in [0.717, 1.165) is 16.8 Å². The van der Waals surface area contributed by atoms with Crippen LogP contribution in [0.2, 0.25) is 0 Å². The topological polar surface area (TPSA) is 67.2 Å². The van der Waals surface area contributed by atoms with Gasteiger partial charge in [0.25, 0.3) is 0 Å². The van der Waals surface area contributed by atoms with Gasteiger partial charge in [0.15, 0.2) is 0 Å². The molecule has 1 unspecified atom stereocenters. The minimum absolute atomic E-state index is 0.0415. The molecule has 2 aromatic carbocycles. The fraction of sp³-hybridized carbons (Fsp3) is 0.292. The average Bonchev–Trinajstić information content (AvgIpc) is 3.37. The Hall–Kier alpha value is -3.41. The molecule has 6 nitrogen and oxygen atoms in total. The number of aromatic nitrogens is 2. The molecule has 1 aromatic heterocycles. The van der Waals surface area contributed by atoms with E-state index >= 15 is 0 Å². The zero-order valence-electron chi connectivity index (χ0n) is 17.1. The van der Waals surface area contributed by atoms with Gasteiger partial charge < -0.3 is 10.2 Å². The number of rotatable bonds is 7. The fourth-order valence-electron chi connectivity index (χ4n) is 3.70. The highest BCUT2D eigenvalue weighted by molar-refractivity contribution is 5.89. The zero-order chi connectivity index (χ0) is 20.9. The normalized spacial score (nSPS) is 16.1. The molecule has 2 heterocycles. The van der Waals surface area contributed by atoms with Crippen molar-refractivity contribution in [2.75, 3.05) is 13.1 Å². The Bertz CT molecular complexity index is 1010. The molecule has 1 saturated heterocycles. The summed E-state index contributed by atoms with van der Waals surface area (Å²) in [6, 6.07) is 18.1. The Morgan fingerprint density at radius 3 is 2.63 bits per heavy atom. The molecule has 1 aliphatic heterocycles. The summed E-state index contributed by atoms with van der Waals surface area (Å²) in [4.78, 5) is 26.6. The Kier molecular flexibility index (Phi) is 5.93. The molecule has 4 rings (SSSR count). The quantitative estimate of drug-likeness (QED) is 0.661. The lowest BCUT2D eigenvalue weighted by Crippen LogP contribution is -2.34. The number of likely N-dealkylation sites (tertiary alicyclic amines) is 1. The molecule has 1 aliphatic rings. The predicted molar refractivity (Wildman–Crippen MR) is 115 cm³/mol. The number of benzene rings is 2. The summed E-state index contributed by atoms with van der Waals surface area (Å²) in [6.45, 7) is 3.60. The first-order valence-electron chi connectivity index (χ1n) is 10.3. The third kappa shape index (κ3) is 4.76. The number of hydrogen-bond acceptors (Lipinski definition) is 3. The van der Waals surface area contributed by atoms with E-state index in [2.05, 4.69) is 10.4 Å². The molecule has 0 aliphatic carbocycles. The molecule has 3 aromatic rings. The fourth-order valence-corrected chi connectivity index (χ4v) is 3.70. The maximum atomic E-state index is 12.5. The molecule has 1 N–H and O–H groups in total. The minimum Gasteiger partial charge on any atom is -0.355 e. The third-order valence-electron chi connectivity index (χ3n) is 5.45. The Morgan fingerprint density at radius 1 is 1.10 bits per heavy atom. The van der Waals surface area contributed by atoms with Gasteiger partial charge in [0.1, 0.15) is 0 Å². The summed E-state index contributed by atoms with van der Waals surface area (Å²) in [5.74, 6) is -0.292. The number of para-hydroxylation sites is 1. The number of carbonyl (C=O) groups is 2. The number of nitrogens with one attached hydrogen (secondary N) is 1. The van der Waals surface area contributed by atoms with Crippen molar-refractivity contribution in [2.45, 2.75) is 26.3 Å². The maximum absolute atomic E-state index is 12.5. The van der Waals surface area contributed by atoms with Crippen molar-refractivity contribution in [2.24, 2.45) is 5.92 Å². The molecule has 154 valence electrons. The van der Waals surface area contributed by atoms with E-state index in [1.54, 1.807) is 4.90 Å². The van der Waals surface area contributed by atoms with Gasteiger partial charge in [0.05, 0.1) is 17.8 Å². The van der Waals surface area contributed by atoms with Crippen molar-refractivity contribution in [3.63, 3.8) is 0 Å². The number of amides is 2. The third-order valence-corrected chi connectivity index (χ3v) is 5.45. The van der Waals surface area contributed by atoms with Gasteiger partial charge in [-0.05, 0) is 36.6 Å². The van der Waals surface area contributed by atoms with E-state index in [4.69, 9.17) is 0 Å². The molecule has 0 saturated carbocycles. The van der Waals surface area contributed by atoms with Crippen LogP contribution in [0.1, 0.15) is 23.1 Å². The van der Waals surface area contributed by atoms with Gasteiger partial charge in [-0.1, -0.05) is 48.0 Å². The lowest BCUT2D eigenvalue weighted by Gasteiger charge is -2.17. The summed E-state index contributed by atoms with van der Waals surface area (Å²) in [5, 5.41) is 7.36. The van der Waals surface area contributed by atoms with Gasteiger partial charge in [-0.3, -0.25) is 9.59 Å². The van der Waals surface area contributed by atoms with E-state index in [1.165, 1.54) is 5.56 Å². The van der Waals surface area contributed by atoms with E-state index in [9.17, 15) is 9.59 Å². The highest BCUT2D eigenvalue weighted by Gasteiger charge is 2.34. The van der Waals surface area contributed by atoms with E-state index < -0.39 is 0 Å². The van der Waals surface area contributed by atoms with Crippen LogP contribution in [0.3, 0.4) is 0 Å². The highest BCUT2D eigenvalue weighted by Crippen LogP contribution is 2.20. The SMILES string of the molecule is Cc1ccc(CN2CC(C(=O)NCCc3cnn(-c4ccccc4)c3)CC2=O)cc1. The van der Waals surface area contributed by atoms with Gasteiger partial charge >= 0.3 is 0 Å². The number of nitrogens with zero attached hydrogens (tertiary/aromatic N) is 3. The van der Waals surface area contributed by atoms with Crippen molar-refractivity contribution >= 4 is 11.8 Å². The van der Waals surface area contributed by atoms with Crippen molar-refractivity contribution in [3.8, 4) is 5.69 Å². The summed E-state index contributed by atoms with van der Waals surface area (Å²) in [6.07, 6.45) is 4.78. The van der Waals surface area contributed by atoms with Crippen LogP contribution in [0.4, 0.5) is 0 Å². The monoisotopic (exact) mass is 402 g/mol. The van der Waals surface area contributed by atoms with Crippen LogP contribution in [0.5, 0.6) is 0 Å². The Labute approximate surface area is 176 Å². The van der Waals surface area contributed by atoms with Crippen LogP contribution in [0, 0.1) is 12.8 Å². The summed E-state index contributed by atoms with van der Waals surface area (Å²) >= 11 is 0. The van der Waals surface area contributed by atoms with Crippen LogP contribution in [0.15, 0.2) is 67.0 Å². The molecule has 2 amide bonds. The van der Waals surface area contributed by atoms with Crippen molar-refractivity contribution in [1.82, 2.24) is 20.0 Å². The van der Waals surface area contributed by atoms with E-state index in [0.29, 0.717) is 26.1 Å². The van der Waals surface area contributed by atoms with Crippen LogP contribution < -0.4 is 5.32 Å². The van der Waals surface area contributed by atoms with Crippen LogP contribution >= 0.6 is 0 Å². The van der Waals surface area contributed by atoms with Crippen LogP contribution in [0.25, 0.3) is 5.69 Å². The van der Waals surface area contributed by atoms with Crippen LogP contribution in [-0.4, -0.2) is 39.6 Å². The molecule has 30 heavy (non-hydrogen) atoms. The lowest BCUT2D eigenvalue weighted by molar-refractivity contribution is -0.129. The predicted octanol–water partition coefficient (Wildman–Crippen LogP) is 2.89. The first-order valence-corrected chi connectivity index (χ1v) is 10.3. The minimum atomic E-state index is -0.282. The molecular formula is C24H26N4O2. The standard InChI is InChI=1S/C24H26N4O2/c1-18-7-9-19(10-8-18)15-27-17-21(13-23(27)29)24(30)25-12-11-20-14-26-28(16-20)22-5-3-2-4-6-22/h2-10,14,16,21H,11-13,15,17H2,1H3,(H,25,30). The number of carbonyl (C=O) groups excluding carboxylic acids is 2. The molecule has 6 heteroatoms. The molecule has 1 fully saturated rings. The number of hydrogen-bond donors (Lipinski definition) is 1. The second kappa shape index (κ2) is 8.95. The first-order chi connectivity index (χ1) is 14.6. The summed E-state index contributed by atoms with van der Waals surface area (Å²) in [7, 11) is 0. The molecule has 0 spiro atoms. The second-order valence-electron chi connectivity index (χ2n) is 7.83. The van der Waals surface area contributed by atoms with Gasteiger partial charge in [-0.25, -0.2) is 4.68 Å². The van der Waals surface area contributed by atoms with Crippen molar-refractivity contribution in [1.29, 1.82) is 0 Å². The summed E-state index contributed by atoms with van der Waals surface area (Å²) in [5.41, 5.74) is 4.34. The summed E-state index contributed by atoms with van der Waals surface area (Å²) < 4.78 is 1.83. The smallest absolute Gasteiger partial charge is 0.225 e. The Morgan fingerprint density at radius 2 is 1.87 bits per heavy atom. The van der Waals surface area contributed by atoms with Gasteiger partial charge in [-0.15, -0.1) is 0 Å². The highest BCUT2D eigenvalue weighted by atomic mass is 16.2. The largest absolute Gasteiger partial charge is 0.355 e. The zero-order valence-corrected chi connectivity index (χ0v) is 17.1. The Balaban J connectivity index is 1.25. The van der Waals surface area contributed by atoms with E-state index in [1.807, 2.05) is 78.6 Å². The first kappa shape index (κ1) is 19.9. The second-order valence-corrected chi connectivity index (χ2v) is 7.83. The maximum Gasteiger partial charge on any atom is 0.225 e. The van der Waals surface area contributed by atoms with E-state index in [-0.39, 0.29) is 24.2 Å². The van der Waals surface area contributed by atoms with Gasteiger partial charge in [-0.2, -0.15) is 5.10 Å². The average molecular weight is 402 g/mol. The molecule has 0 radical (unpaired) electrons. The van der Waals surface area contributed by atoms with Gasteiger partial charge in [0.2, 0.25) is 11.8 Å².